The van der Waals surface area contributed by atoms with Gasteiger partial charge in [0.1, 0.15) is 12.4 Å². The Kier molecular flexibility index (Phi) is 5.15. The van der Waals surface area contributed by atoms with E-state index in [2.05, 4.69) is 18.2 Å². The topological polar surface area (TPSA) is 59.0 Å². The summed E-state index contributed by atoms with van der Waals surface area (Å²) in [6.45, 7) is 1.06. The number of ether oxygens (including phenoxy) is 2. The van der Waals surface area contributed by atoms with E-state index in [0.29, 0.717) is 19.4 Å². The number of hydrogen-bond acceptors (Lipinski definition) is 4. The minimum Gasteiger partial charge on any atom is -0.493 e. The van der Waals surface area contributed by atoms with Gasteiger partial charge in [0, 0.05) is 18.5 Å². The molecule has 0 radical (unpaired) electrons. The van der Waals surface area contributed by atoms with Gasteiger partial charge in [0.25, 0.3) is 0 Å². The molecule has 2 saturated heterocycles. The summed E-state index contributed by atoms with van der Waals surface area (Å²) in [5.41, 5.74) is 2.81. The Morgan fingerprint density at radius 3 is 2.63 bits per heavy atom. The number of carbonyl (C=O) groups is 1. The highest BCUT2D eigenvalue weighted by Gasteiger charge is 2.49. The fourth-order valence-corrected chi connectivity index (χ4v) is 5.39. The van der Waals surface area contributed by atoms with Crippen LogP contribution in [0.1, 0.15) is 48.8 Å². The zero-order valence-corrected chi connectivity index (χ0v) is 17.3. The molecule has 2 atom stereocenters. The largest absolute Gasteiger partial charge is 0.493 e. The number of piperidine rings is 1. The van der Waals surface area contributed by atoms with Crippen molar-refractivity contribution in [2.75, 3.05) is 6.61 Å². The molecule has 3 aliphatic heterocycles. The van der Waals surface area contributed by atoms with Crippen molar-refractivity contribution in [3.63, 3.8) is 0 Å². The molecule has 1 N–H and O–H groups in total. The van der Waals surface area contributed by atoms with Crippen molar-refractivity contribution in [2.24, 2.45) is 0 Å². The van der Waals surface area contributed by atoms with Gasteiger partial charge in [0.05, 0.1) is 12.2 Å². The Hall–Kier alpha value is -2.53. The molecule has 30 heavy (non-hydrogen) atoms. The standard InChI is InChI=1S/C25H29NO4/c27-24(30-17-19-4-2-1-3-5-19)26-21-7-8-22(26)16-25(28,15-21)12-10-18-6-9-23-20(14-18)11-13-29-23/h1-6,9,14,21-22,28H,7-8,10-13,15-17H2. The molecule has 5 heteroatoms. The molecule has 2 aromatic rings. The molecule has 2 aromatic carbocycles. The van der Waals surface area contributed by atoms with Gasteiger partial charge >= 0.3 is 6.09 Å². The Morgan fingerprint density at radius 2 is 1.87 bits per heavy atom. The van der Waals surface area contributed by atoms with Crippen LogP contribution in [0.5, 0.6) is 5.75 Å². The summed E-state index contributed by atoms with van der Waals surface area (Å²) < 4.78 is 11.2. The first-order valence-corrected chi connectivity index (χ1v) is 11.1. The monoisotopic (exact) mass is 407 g/mol. The Balaban J connectivity index is 1.18. The first kappa shape index (κ1) is 19.4. The van der Waals surface area contributed by atoms with Gasteiger partial charge in [-0.3, -0.25) is 0 Å². The summed E-state index contributed by atoms with van der Waals surface area (Å²) in [4.78, 5) is 14.6. The summed E-state index contributed by atoms with van der Waals surface area (Å²) in [7, 11) is 0. The first-order valence-electron chi connectivity index (χ1n) is 11.1. The second-order valence-corrected chi connectivity index (χ2v) is 9.01. The average molecular weight is 408 g/mol. The predicted molar refractivity (Wildman–Crippen MR) is 113 cm³/mol. The molecular formula is C25H29NO4. The van der Waals surface area contributed by atoms with E-state index in [1.54, 1.807) is 0 Å². The third-order valence-electron chi connectivity index (χ3n) is 6.90. The fourth-order valence-electron chi connectivity index (χ4n) is 5.39. The summed E-state index contributed by atoms with van der Waals surface area (Å²) in [6.07, 6.45) is 5.47. The average Bonchev–Trinajstić information content (AvgIpc) is 3.34. The minimum atomic E-state index is -0.711. The molecular weight excluding hydrogens is 378 g/mol. The van der Waals surface area contributed by atoms with Gasteiger partial charge in [0.2, 0.25) is 0 Å². The lowest BCUT2D eigenvalue weighted by Crippen LogP contribution is -2.53. The molecule has 3 heterocycles. The number of amides is 1. The Bertz CT molecular complexity index is 899. The molecule has 0 saturated carbocycles. The second-order valence-electron chi connectivity index (χ2n) is 9.01. The smallest absolute Gasteiger partial charge is 0.410 e. The molecule has 3 aliphatic rings. The lowest BCUT2D eigenvalue weighted by Gasteiger charge is -2.43. The van der Waals surface area contributed by atoms with E-state index < -0.39 is 5.60 Å². The van der Waals surface area contributed by atoms with Gasteiger partial charge in [-0.15, -0.1) is 0 Å². The van der Waals surface area contributed by atoms with E-state index in [0.717, 1.165) is 50.0 Å². The highest BCUT2D eigenvalue weighted by molar-refractivity contribution is 5.69. The number of aryl methyl sites for hydroxylation is 1. The van der Waals surface area contributed by atoms with E-state index in [1.165, 1.54) is 11.1 Å². The first-order chi connectivity index (χ1) is 14.6. The van der Waals surface area contributed by atoms with E-state index in [-0.39, 0.29) is 18.2 Å². The van der Waals surface area contributed by atoms with Crippen molar-refractivity contribution in [3.8, 4) is 5.75 Å². The summed E-state index contributed by atoms with van der Waals surface area (Å²) in [6, 6.07) is 16.3. The Morgan fingerprint density at radius 1 is 1.10 bits per heavy atom. The van der Waals surface area contributed by atoms with Crippen LogP contribution in [0.15, 0.2) is 48.5 Å². The van der Waals surface area contributed by atoms with Crippen LogP contribution in [0.3, 0.4) is 0 Å². The molecule has 2 fully saturated rings. The third-order valence-corrected chi connectivity index (χ3v) is 6.90. The van der Waals surface area contributed by atoms with E-state index in [9.17, 15) is 9.90 Å². The van der Waals surface area contributed by atoms with Crippen molar-refractivity contribution in [1.29, 1.82) is 0 Å². The van der Waals surface area contributed by atoms with Crippen LogP contribution in [-0.2, 0) is 24.2 Å². The SMILES string of the molecule is O=C(OCc1ccccc1)N1C2CCC1CC(O)(CCc1ccc3c(c1)CCO3)C2. The van der Waals surface area contributed by atoms with Gasteiger partial charge in [-0.2, -0.15) is 0 Å². The number of aliphatic hydroxyl groups is 1. The molecule has 0 aliphatic carbocycles. The number of nitrogens with zero attached hydrogens (tertiary/aromatic N) is 1. The molecule has 2 unspecified atom stereocenters. The zero-order chi connectivity index (χ0) is 20.6. The molecule has 158 valence electrons. The van der Waals surface area contributed by atoms with Crippen molar-refractivity contribution < 1.29 is 19.4 Å². The quantitative estimate of drug-likeness (QED) is 0.805. The molecule has 0 spiro atoms. The maximum Gasteiger partial charge on any atom is 0.410 e. The van der Waals surface area contributed by atoms with E-state index >= 15 is 0 Å². The van der Waals surface area contributed by atoms with Crippen LogP contribution in [0.4, 0.5) is 4.79 Å². The number of carbonyl (C=O) groups excluding carboxylic acids is 1. The van der Waals surface area contributed by atoms with Crippen LogP contribution in [0, 0.1) is 0 Å². The Labute approximate surface area is 177 Å². The van der Waals surface area contributed by atoms with Gasteiger partial charge in [-0.05, 0) is 61.3 Å². The van der Waals surface area contributed by atoms with Crippen molar-refractivity contribution in [3.05, 3.63) is 65.2 Å². The normalized spacial score (nSPS) is 26.9. The summed E-state index contributed by atoms with van der Waals surface area (Å²) >= 11 is 0. The maximum atomic E-state index is 12.7. The third kappa shape index (κ3) is 3.91. The van der Waals surface area contributed by atoms with Gasteiger partial charge in [-0.25, -0.2) is 4.79 Å². The van der Waals surface area contributed by atoms with Crippen molar-refractivity contribution >= 4 is 6.09 Å². The van der Waals surface area contributed by atoms with E-state index in [4.69, 9.17) is 9.47 Å². The summed E-state index contributed by atoms with van der Waals surface area (Å²) in [5.74, 6) is 0.998. The van der Waals surface area contributed by atoms with Gasteiger partial charge in [-0.1, -0.05) is 42.5 Å². The molecule has 1 amide bonds. The van der Waals surface area contributed by atoms with E-state index in [1.807, 2.05) is 35.2 Å². The molecule has 2 bridgehead atoms. The molecule has 5 rings (SSSR count). The van der Waals surface area contributed by atoms with Crippen LogP contribution in [-0.4, -0.2) is 40.4 Å². The highest BCUT2D eigenvalue weighted by Crippen LogP contribution is 2.43. The van der Waals surface area contributed by atoms with Crippen LogP contribution in [0.2, 0.25) is 0 Å². The lowest BCUT2D eigenvalue weighted by molar-refractivity contribution is -0.0538. The van der Waals surface area contributed by atoms with Crippen molar-refractivity contribution in [2.45, 2.75) is 69.2 Å². The predicted octanol–water partition coefficient (Wildman–Crippen LogP) is 4.25. The molecule has 0 aromatic heterocycles. The maximum absolute atomic E-state index is 12.7. The fraction of sp³-hybridized carbons (Fsp3) is 0.480. The number of fused-ring (bicyclic) bond motifs is 3. The van der Waals surface area contributed by atoms with Crippen LogP contribution >= 0.6 is 0 Å². The van der Waals surface area contributed by atoms with Crippen LogP contribution < -0.4 is 4.74 Å². The summed E-state index contributed by atoms with van der Waals surface area (Å²) in [5, 5.41) is 11.3. The highest BCUT2D eigenvalue weighted by atomic mass is 16.6. The van der Waals surface area contributed by atoms with Crippen LogP contribution in [0.25, 0.3) is 0 Å². The van der Waals surface area contributed by atoms with Crippen molar-refractivity contribution in [1.82, 2.24) is 4.90 Å². The minimum absolute atomic E-state index is 0.0745. The second kappa shape index (κ2) is 7.95. The van der Waals surface area contributed by atoms with Gasteiger partial charge < -0.3 is 19.5 Å². The lowest BCUT2D eigenvalue weighted by atomic mass is 9.82. The van der Waals surface area contributed by atoms with Gasteiger partial charge in [0.15, 0.2) is 0 Å². The number of hydrogen-bond donors (Lipinski definition) is 1. The molecule has 5 nitrogen and oxygen atoms in total. The number of benzene rings is 2. The number of rotatable bonds is 5. The zero-order valence-electron chi connectivity index (χ0n) is 17.3.